The van der Waals surface area contributed by atoms with Gasteiger partial charge in [0.05, 0.1) is 11.5 Å². The van der Waals surface area contributed by atoms with Gasteiger partial charge in [-0.3, -0.25) is 4.79 Å². The lowest BCUT2D eigenvalue weighted by atomic mass is 9.74. The fourth-order valence-corrected chi connectivity index (χ4v) is 3.44. The van der Waals surface area contributed by atoms with Crippen LogP contribution in [0.25, 0.3) is 0 Å². The third-order valence-electron chi connectivity index (χ3n) is 4.46. The Bertz CT molecular complexity index is 593. The van der Waals surface area contributed by atoms with Crippen LogP contribution in [0.2, 0.25) is 0 Å². The van der Waals surface area contributed by atoms with E-state index in [1.54, 1.807) is 18.0 Å². The van der Waals surface area contributed by atoms with Crippen molar-refractivity contribution in [1.29, 1.82) is 0 Å². The fraction of sp³-hybridized carbons (Fsp3) is 0.438. The third kappa shape index (κ3) is 2.45. The lowest BCUT2D eigenvalue weighted by Gasteiger charge is -2.28. The van der Waals surface area contributed by atoms with Crippen LogP contribution in [0.5, 0.6) is 0 Å². The van der Waals surface area contributed by atoms with E-state index in [2.05, 4.69) is 0 Å². The summed E-state index contributed by atoms with van der Waals surface area (Å²) in [6.45, 7) is 0.648. The van der Waals surface area contributed by atoms with Crippen LogP contribution in [-0.2, 0) is 11.0 Å². The molecule has 112 valence electrons. The fourth-order valence-electron chi connectivity index (χ4n) is 3.44. The maximum Gasteiger partial charge on any atom is 0.416 e. The Morgan fingerprint density at radius 3 is 2.76 bits per heavy atom. The second kappa shape index (κ2) is 4.90. The summed E-state index contributed by atoms with van der Waals surface area (Å²) >= 11 is 0. The average molecular weight is 295 g/mol. The Morgan fingerprint density at radius 1 is 1.29 bits per heavy atom. The van der Waals surface area contributed by atoms with Gasteiger partial charge in [-0.05, 0) is 24.0 Å². The van der Waals surface area contributed by atoms with E-state index < -0.39 is 11.7 Å². The number of benzene rings is 1. The monoisotopic (exact) mass is 295 g/mol. The van der Waals surface area contributed by atoms with Gasteiger partial charge in [0.1, 0.15) is 0 Å². The normalized spacial score (nSPS) is 28.9. The zero-order chi connectivity index (χ0) is 15.2. The number of hydrogen-bond acceptors (Lipinski definition) is 1. The molecule has 0 spiro atoms. The van der Waals surface area contributed by atoms with Crippen LogP contribution in [-0.4, -0.2) is 24.4 Å². The Hall–Kier alpha value is -1.78. The highest BCUT2D eigenvalue weighted by Crippen LogP contribution is 2.43. The van der Waals surface area contributed by atoms with E-state index in [-0.39, 0.29) is 23.7 Å². The van der Waals surface area contributed by atoms with Crippen molar-refractivity contribution >= 4 is 5.91 Å². The van der Waals surface area contributed by atoms with E-state index in [1.807, 2.05) is 12.2 Å². The lowest BCUT2D eigenvalue weighted by molar-refractivity contribution is -0.137. The number of carbonyl (C=O) groups excluding carboxylic acids is 1. The van der Waals surface area contributed by atoms with Gasteiger partial charge < -0.3 is 4.90 Å². The van der Waals surface area contributed by atoms with Gasteiger partial charge in [0.2, 0.25) is 5.91 Å². The van der Waals surface area contributed by atoms with E-state index in [9.17, 15) is 18.0 Å². The molecule has 1 saturated heterocycles. The molecule has 0 N–H and O–H groups in total. The number of carbonyl (C=O) groups is 1. The molecule has 0 bridgehead atoms. The molecule has 1 aromatic rings. The van der Waals surface area contributed by atoms with Crippen LogP contribution in [0.3, 0.4) is 0 Å². The summed E-state index contributed by atoms with van der Waals surface area (Å²) < 4.78 is 38.6. The van der Waals surface area contributed by atoms with Crippen LogP contribution in [0, 0.1) is 11.8 Å². The number of rotatable bonds is 1. The molecular formula is C16H16F3NO. The Morgan fingerprint density at radius 2 is 2.05 bits per heavy atom. The molecule has 0 radical (unpaired) electrons. The minimum atomic E-state index is -4.35. The van der Waals surface area contributed by atoms with Crippen molar-refractivity contribution < 1.29 is 18.0 Å². The van der Waals surface area contributed by atoms with Gasteiger partial charge in [-0.15, -0.1) is 0 Å². The molecule has 1 amide bonds. The summed E-state index contributed by atoms with van der Waals surface area (Å²) in [6, 6.07) is 5.38. The predicted molar refractivity (Wildman–Crippen MR) is 72.6 cm³/mol. The van der Waals surface area contributed by atoms with Crippen LogP contribution in [0.4, 0.5) is 13.2 Å². The molecule has 2 aliphatic rings. The Balaban J connectivity index is 1.97. The highest BCUT2D eigenvalue weighted by Gasteiger charge is 2.44. The quantitative estimate of drug-likeness (QED) is 0.727. The average Bonchev–Trinajstić information content (AvgIpc) is 2.73. The highest BCUT2D eigenvalue weighted by molar-refractivity contribution is 5.83. The number of fused-ring (bicyclic) bond motifs is 1. The Kier molecular flexibility index (Phi) is 3.30. The van der Waals surface area contributed by atoms with Crippen molar-refractivity contribution in [2.45, 2.75) is 18.5 Å². The molecule has 1 aromatic carbocycles. The largest absolute Gasteiger partial charge is 0.416 e. The van der Waals surface area contributed by atoms with Crippen LogP contribution >= 0.6 is 0 Å². The molecule has 21 heavy (non-hydrogen) atoms. The van der Waals surface area contributed by atoms with Crippen molar-refractivity contribution in [1.82, 2.24) is 4.90 Å². The molecule has 1 aliphatic carbocycles. The number of alkyl halides is 3. The minimum Gasteiger partial charge on any atom is -0.345 e. The van der Waals surface area contributed by atoms with E-state index in [1.165, 1.54) is 12.1 Å². The van der Waals surface area contributed by atoms with Crippen LogP contribution in [0.15, 0.2) is 36.4 Å². The Labute approximate surface area is 121 Å². The molecule has 2 nitrogen and oxygen atoms in total. The molecule has 5 heteroatoms. The highest BCUT2D eigenvalue weighted by atomic mass is 19.4. The van der Waals surface area contributed by atoms with Crippen molar-refractivity contribution in [3.63, 3.8) is 0 Å². The number of hydrogen-bond donors (Lipinski definition) is 0. The maximum atomic E-state index is 12.9. The summed E-state index contributed by atoms with van der Waals surface area (Å²) in [5, 5.41) is 0. The first-order chi connectivity index (χ1) is 9.88. The van der Waals surface area contributed by atoms with Crippen molar-refractivity contribution in [3.05, 3.63) is 47.5 Å². The second-order valence-electron chi connectivity index (χ2n) is 5.80. The number of amides is 1. The molecule has 0 unspecified atom stereocenters. The number of likely N-dealkylation sites (tertiary alicyclic amines) is 1. The zero-order valence-corrected chi connectivity index (χ0v) is 11.6. The molecule has 3 atom stereocenters. The topological polar surface area (TPSA) is 20.3 Å². The van der Waals surface area contributed by atoms with E-state index in [4.69, 9.17) is 0 Å². The van der Waals surface area contributed by atoms with Gasteiger partial charge in [0.25, 0.3) is 0 Å². The smallest absolute Gasteiger partial charge is 0.345 e. The predicted octanol–water partition coefficient (Wildman–Crippen LogP) is 3.45. The van der Waals surface area contributed by atoms with Gasteiger partial charge in [-0.1, -0.05) is 30.4 Å². The van der Waals surface area contributed by atoms with Gasteiger partial charge in [-0.25, -0.2) is 0 Å². The van der Waals surface area contributed by atoms with Crippen LogP contribution < -0.4 is 0 Å². The van der Waals surface area contributed by atoms with Gasteiger partial charge in [0, 0.05) is 19.5 Å². The first kappa shape index (κ1) is 14.2. The molecule has 1 aliphatic heterocycles. The maximum absolute atomic E-state index is 12.9. The summed E-state index contributed by atoms with van der Waals surface area (Å²) in [5.74, 6) is -0.259. The van der Waals surface area contributed by atoms with Crippen LogP contribution in [0.1, 0.15) is 23.5 Å². The summed E-state index contributed by atoms with van der Waals surface area (Å²) in [6.07, 6.45) is 0.271. The van der Waals surface area contributed by atoms with Gasteiger partial charge in [-0.2, -0.15) is 13.2 Å². The summed E-state index contributed by atoms with van der Waals surface area (Å²) in [4.78, 5) is 13.9. The molecule has 1 fully saturated rings. The standard InChI is InChI=1S/C16H16F3NO/c1-20-9-11-5-3-7-13(14(11)15(20)21)10-4-2-6-12(8-10)16(17,18)19/h2-6,8,11,13-14H,7,9H2,1H3/t11-,13-,14+/m0/s1. The molecule has 3 rings (SSSR count). The molecule has 0 saturated carbocycles. The summed E-state index contributed by atoms with van der Waals surface area (Å²) in [5.41, 5.74) is -0.0438. The number of allylic oxidation sites excluding steroid dienone is 1. The first-order valence-electron chi connectivity index (χ1n) is 6.96. The van der Waals surface area contributed by atoms with Gasteiger partial charge >= 0.3 is 6.18 Å². The first-order valence-corrected chi connectivity index (χ1v) is 6.96. The molecule has 1 heterocycles. The minimum absolute atomic E-state index is 0.0340. The van der Waals surface area contributed by atoms with Crippen molar-refractivity contribution in [2.75, 3.05) is 13.6 Å². The van der Waals surface area contributed by atoms with Crippen molar-refractivity contribution in [3.8, 4) is 0 Å². The van der Waals surface area contributed by atoms with Gasteiger partial charge in [0.15, 0.2) is 0 Å². The zero-order valence-electron chi connectivity index (χ0n) is 11.6. The number of halogens is 3. The van der Waals surface area contributed by atoms with E-state index in [0.29, 0.717) is 18.5 Å². The third-order valence-corrected chi connectivity index (χ3v) is 4.46. The lowest BCUT2D eigenvalue weighted by Crippen LogP contribution is -2.28. The van der Waals surface area contributed by atoms with E-state index >= 15 is 0 Å². The second-order valence-corrected chi connectivity index (χ2v) is 5.80. The van der Waals surface area contributed by atoms with Crippen molar-refractivity contribution in [2.24, 2.45) is 11.8 Å². The summed E-state index contributed by atoms with van der Waals surface area (Å²) in [7, 11) is 1.75. The number of nitrogens with zero attached hydrogens (tertiary/aromatic N) is 1. The molecular weight excluding hydrogens is 279 g/mol. The van der Waals surface area contributed by atoms with E-state index in [0.717, 1.165) is 6.07 Å². The SMILES string of the molecule is CN1C[C@@H]2C=CC[C@@H](c3cccc(C(F)(F)F)c3)[C@@H]2C1=O. The molecule has 0 aromatic heterocycles.